The number of hydrogen-bond acceptors (Lipinski definition) is 4. The minimum Gasteiger partial charge on any atom is -0.491 e. The first-order chi connectivity index (χ1) is 15.6. The first kappa shape index (κ1) is 24.6. The first-order valence-electron chi connectivity index (χ1n) is 10.4. The third-order valence-corrected chi connectivity index (χ3v) is 6.48. The molecule has 1 amide bonds. The third kappa shape index (κ3) is 6.73. The molecule has 0 atom stereocenters. The van der Waals surface area contributed by atoms with Crippen molar-refractivity contribution in [3.63, 3.8) is 0 Å². The molecule has 0 heterocycles. The van der Waals surface area contributed by atoms with Crippen molar-refractivity contribution in [2.75, 3.05) is 23.7 Å². The Morgan fingerprint density at radius 2 is 1.70 bits per heavy atom. The molecular formula is C25H27ClN2O4S. The number of carbonyl (C=O) groups is 1. The number of nitrogens with zero attached hydrogens (tertiary/aromatic N) is 1. The summed E-state index contributed by atoms with van der Waals surface area (Å²) in [5, 5.41) is 3.29. The van der Waals surface area contributed by atoms with Gasteiger partial charge in [-0.05, 0) is 60.9 Å². The van der Waals surface area contributed by atoms with Gasteiger partial charge in [0.1, 0.15) is 12.4 Å². The van der Waals surface area contributed by atoms with E-state index in [2.05, 4.69) is 5.32 Å². The number of para-hydroxylation sites is 1. The predicted octanol–water partition coefficient (Wildman–Crippen LogP) is 4.73. The fourth-order valence-electron chi connectivity index (χ4n) is 3.31. The van der Waals surface area contributed by atoms with Crippen LogP contribution >= 0.6 is 11.6 Å². The highest BCUT2D eigenvalue weighted by atomic mass is 35.5. The molecule has 0 aliphatic carbocycles. The zero-order valence-corrected chi connectivity index (χ0v) is 20.4. The lowest BCUT2D eigenvalue weighted by Crippen LogP contribution is -2.30. The average Bonchev–Trinajstić information content (AvgIpc) is 2.77. The van der Waals surface area contributed by atoms with E-state index in [0.717, 1.165) is 28.7 Å². The van der Waals surface area contributed by atoms with Gasteiger partial charge in [0, 0.05) is 10.6 Å². The first-order valence-corrected chi connectivity index (χ1v) is 12.7. The van der Waals surface area contributed by atoms with Crippen molar-refractivity contribution in [1.29, 1.82) is 0 Å². The standard InChI is InChI=1S/C25H27ClN2O4S/c1-18-8-13-22(26)16-23(18)28(33(3,30)31)17-20-9-11-21(12-10-20)25(29)27-14-15-32-24-7-5-4-6-19(24)2/h4-13,16H,14-15,17H2,1-3H3,(H,27,29). The number of rotatable bonds is 9. The highest BCUT2D eigenvalue weighted by molar-refractivity contribution is 7.92. The van der Waals surface area contributed by atoms with E-state index < -0.39 is 10.0 Å². The van der Waals surface area contributed by atoms with Crippen molar-refractivity contribution in [2.24, 2.45) is 0 Å². The molecule has 0 aliphatic heterocycles. The number of carbonyl (C=O) groups excluding carboxylic acids is 1. The number of anilines is 1. The predicted molar refractivity (Wildman–Crippen MR) is 133 cm³/mol. The molecule has 33 heavy (non-hydrogen) atoms. The smallest absolute Gasteiger partial charge is 0.251 e. The molecule has 3 rings (SSSR count). The largest absolute Gasteiger partial charge is 0.491 e. The molecule has 0 saturated carbocycles. The second kappa shape index (κ2) is 10.7. The van der Waals surface area contributed by atoms with Crippen molar-refractivity contribution < 1.29 is 17.9 Å². The van der Waals surface area contributed by atoms with Crippen LogP contribution in [0.25, 0.3) is 0 Å². The van der Waals surface area contributed by atoms with Gasteiger partial charge in [-0.3, -0.25) is 9.10 Å². The van der Waals surface area contributed by atoms with E-state index in [4.69, 9.17) is 16.3 Å². The summed E-state index contributed by atoms with van der Waals surface area (Å²) in [7, 11) is -3.54. The molecule has 3 aromatic carbocycles. The number of benzene rings is 3. The Morgan fingerprint density at radius 1 is 1.00 bits per heavy atom. The van der Waals surface area contributed by atoms with E-state index in [0.29, 0.717) is 29.4 Å². The second-order valence-electron chi connectivity index (χ2n) is 7.77. The van der Waals surface area contributed by atoms with Crippen molar-refractivity contribution in [3.8, 4) is 5.75 Å². The van der Waals surface area contributed by atoms with Gasteiger partial charge in [0.25, 0.3) is 5.91 Å². The van der Waals surface area contributed by atoms with Gasteiger partial charge >= 0.3 is 0 Å². The minimum atomic E-state index is -3.54. The number of sulfonamides is 1. The summed E-state index contributed by atoms with van der Waals surface area (Å²) >= 11 is 6.09. The maximum atomic E-state index is 12.5. The molecule has 0 spiro atoms. The topological polar surface area (TPSA) is 75.7 Å². The van der Waals surface area contributed by atoms with Crippen LogP contribution in [-0.2, 0) is 16.6 Å². The normalized spacial score (nSPS) is 11.2. The number of aryl methyl sites for hydroxylation is 2. The molecule has 0 saturated heterocycles. The van der Waals surface area contributed by atoms with Gasteiger partial charge < -0.3 is 10.1 Å². The van der Waals surface area contributed by atoms with Gasteiger partial charge in [0.15, 0.2) is 0 Å². The molecular weight excluding hydrogens is 460 g/mol. The molecule has 174 valence electrons. The average molecular weight is 487 g/mol. The van der Waals surface area contributed by atoms with Crippen LogP contribution < -0.4 is 14.4 Å². The monoisotopic (exact) mass is 486 g/mol. The van der Waals surface area contributed by atoms with Gasteiger partial charge in [-0.25, -0.2) is 8.42 Å². The lowest BCUT2D eigenvalue weighted by Gasteiger charge is -2.24. The Balaban J connectivity index is 1.62. The Hall–Kier alpha value is -3.03. The number of nitrogens with one attached hydrogen (secondary N) is 1. The lowest BCUT2D eigenvalue weighted by atomic mass is 10.1. The minimum absolute atomic E-state index is 0.131. The molecule has 3 aromatic rings. The highest BCUT2D eigenvalue weighted by Gasteiger charge is 2.20. The molecule has 1 N–H and O–H groups in total. The second-order valence-corrected chi connectivity index (χ2v) is 10.1. The van der Waals surface area contributed by atoms with Crippen molar-refractivity contribution in [1.82, 2.24) is 5.32 Å². The van der Waals surface area contributed by atoms with Crippen LogP contribution in [0.3, 0.4) is 0 Å². The van der Waals surface area contributed by atoms with Crippen LogP contribution in [0.1, 0.15) is 27.0 Å². The summed E-state index contributed by atoms with van der Waals surface area (Å²) < 4.78 is 31.9. The number of ether oxygens (including phenoxy) is 1. The van der Waals surface area contributed by atoms with Crippen LogP contribution in [0.15, 0.2) is 66.7 Å². The highest BCUT2D eigenvalue weighted by Crippen LogP contribution is 2.28. The maximum absolute atomic E-state index is 12.5. The van der Waals surface area contributed by atoms with E-state index in [1.165, 1.54) is 4.31 Å². The van der Waals surface area contributed by atoms with E-state index in [1.807, 2.05) is 38.1 Å². The van der Waals surface area contributed by atoms with E-state index in [-0.39, 0.29) is 12.5 Å². The summed E-state index contributed by atoms with van der Waals surface area (Å²) in [6.07, 6.45) is 1.16. The third-order valence-electron chi connectivity index (χ3n) is 5.12. The van der Waals surface area contributed by atoms with Crippen LogP contribution in [0, 0.1) is 13.8 Å². The Kier molecular flexibility index (Phi) is 8.00. The molecule has 6 nitrogen and oxygen atoms in total. The molecule has 0 bridgehead atoms. The number of amides is 1. The van der Waals surface area contributed by atoms with Crippen molar-refractivity contribution in [2.45, 2.75) is 20.4 Å². The summed E-state index contributed by atoms with van der Waals surface area (Å²) in [6.45, 7) is 4.65. The molecule has 0 aromatic heterocycles. The fourth-order valence-corrected chi connectivity index (χ4v) is 4.41. The van der Waals surface area contributed by atoms with Gasteiger partial charge in [0.2, 0.25) is 10.0 Å². The Bertz CT molecular complexity index is 1230. The Morgan fingerprint density at radius 3 is 2.36 bits per heavy atom. The zero-order chi connectivity index (χ0) is 24.0. The summed E-state index contributed by atoms with van der Waals surface area (Å²) in [6, 6.07) is 19.7. The number of halogens is 1. The molecule has 0 radical (unpaired) electrons. The summed E-state index contributed by atoms with van der Waals surface area (Å²) in [4.78, 5) is 12.4. The van der Waals surface area contributed by atoms with E-state index >= 15 is 0 Å². The van der Waals surface area contributed by atoms with Gasteiger partial charge in [0.05, 0.1) is 25.0 Å². The van der Waals surface area contributed by atoms with Crippen LogP contribution in [0.4, 0.5) is 5.69 Å². The lowest BCUT2D eigenvalue weighted by molar-refractivity contribution is 0.0947. The van der Waals surface area contributed by atoms with E-state index in [1.54, 1.807) is 42.5 Å². The maximum Gasteiger partial charge on any atom is 0.251 e. The van der Waals surface area contributed by atoms with Crippen LogP contribution in [0.5, 0.6) is 5.75 Å². The zero-order valence-electron chi connectivity index (χ0n) is 18.8. The molecule has 0 unspecified atom stereocenters. The SMILES string of the molecule is Cc1ccccc1OCCNC(=O)c1ccc(CN(c2cc(Cl)ccc2C)S(C)(=O)=O)cc1. The van der Waals surface area contributed by atoms with Gasteiger partial charge in [-0.2, -0.15) is 0 Å². The van der Waals surface area contributed by atoms with E-state index in [9.17, 15) is 13.2 Å². The van der Waals surface area contributed by atoms with Crippen molar-refractivity contribution >= 4 is 33.2 Å². The van der Waals surface area contributed by atoms with Crippen LogP contribution in [0.2, 0.25) is 5.02 Å². The fraction of sp³-hybridized carbons (Fsp3) is 0.240. The quantitative estimate of drug-likeness (QED) is 0.443. The molecule has 8 heteroatoms. The summed E-state index contributed by atoms with van der Waals surface area (Å²) in [5.41, 5.74) is 3.60. The van der Waals surface area contributed by atoms with Crippen molar-refractivity contribution in [3.05, 3.63) is 94.0 Å². The molecule has 0 aliphatic rings. The summed E-state index contributed by atoms with van der Waals surface area (Å²) in [5.74, 6) is 0.571. The Labute approximate surface area is 200 Å². The van der Waals surface area contributed by atoms with Gasteiger partial charge in [-0.15, -0.1) is 0 Å². The molecule has 0 fully saturated rings. The number of hydrogen-bond donors (Lipinski definition) is 1. The van der Waals surface area contributed by atoms with Gasteiger partial charge in [-0.1, -0.05) is 48.0 Å². The van der Waals surface area contributed by atoms with Crippen LogP contribution in [-0.4, -0.2) is 33.7 Å².